The van der Waals surface area contributed by atoms with Gasteiger partial charge in [0.15, 0.2) is 11.6 Å². The molecular weight excluding hydrogens is 156 g/mol. The molecule has 1 aliphatic rings. The highest BCUT2D eigenvalue weighted by Crippen LogP contribution is 2.17. The van der Waals surface area contributed by atoms with Crippen LogP contribution < -0.4 is 0 Å². The Morgan fingerprint density at radius 3 is 2.00 bits per heavy atom. The molecule has 0 unspecified atom stereocenters. The van der Waals surface area contributed by atoms with Gasteiger partial charge in [0.2, 0.25) is 0 Å². The van der Waals surface area contributed by atoms with E-state index in [4.69, 9.17) is 5.11 Å². The Bertz CT molecular complexity index is 287. The lowest BCUT2D eigenvalue weighted by molar-refractivity contribution is -0.115. The molecule has 0 aromatic carbocycles. The monoisotopic (exact) mass is 164 g/mol. The van der Waals surface area contributed by atoms with Crippen LogP contribution in [-0.2, 0) is 9.59 Å². The van der Waals surface area contributed by atoms with E-state index in [0.717, 1.165) is 6.08 Å². The molecule has 0 aromatic heterocycles. The first-order valence-electron chi connectivity index (χ1n) is 3.48. The largest absolute Gasteiger partial charge is 0.515 e. The Morgan fingerprint density at radius 2 is 1.67 bits per heavy atom. The molecule has 0 fully saturated rings. The van der Waals surface area contributed by atoms with Crippen LogP contribution in [-0.4, -0.2) is 16.7 Å². The van der Waals surface area contributed by atoms with Crippen molar-refractivity contribution in [3.05, 3.63) is 35.6 Å². The van der Waals surface area contributed by atoms with Crippen molar-refractivity contribution in [3.8, 4) is 0 Å². The van der Waals surface area contributed by atoms with Crippen LogP contribution in [0.25, 0.3) is 0 Å². The fourth-order valence-electron chi connectivity index (χ4n) is 1.03. The number of allylic oxidation sites excluding steroid dienone is 5. The standard InChI is InChI=1S/C9H8O3/c1-2-6-7(5-10)9(12)4-3-8(6)11/h2-5,10H,1H3/b6-2-,7-5-. The highest BCUT2D eigenvalue weighted by molar-refractivity contribution is 6.24. The second-order valence-electron chi connectivity index (χ2n) is 2.31. The summed E-state index contributed by atoms with van der Waals surface area (Å²) in [6.45, 7) is 1.64. The third-order valence-corrected chi connectivity index (χ3v) is 1.62. The van der Waals surface area contributed by atoms with Crippen LogP contribution in [0, 0.1) is 0 Å². The summed E-state index contributed by atoms with van der Waals surface area (Å²) in [5.41, 5.74) is 0.315. The van der Waals surface area contributed by atoms with E-state index in [0.29, 0.717) is 6.26 Å². The summed E-state index contributed by atoms with van der Waals surface area (Å²) in [5.74, 6) is -0.595. The summed E-state index contributed by atoms with van der Waals surface area (Å²) < 4.78 is 0. The number of carbonyl (C=O) groups excluding carboxylic acids is 2. The summed E-state index contributed by atoms with van der Waals surface area (Å²) >= 11 is 0. The van der Waals surface area contributed by atoms with Crippen LogP contribution >= 0.6 is 0 Å². The lowest BCUT2D eigenvalue weighted by Crippen LogP contribution is -2.14. The molecule has 3 nitrogen and oxygen atoms in total. The van der Waals surface area contributed by atoms with Gasteiger partial charge in [0.25, 0.3) is 0 Å². The van der Waals surface area contributed by atoms with Crippen molar-refractivity contribution in [2.45, 2.75) is 6.92 Å². The minimum absolute atomic E-state index is 0.0602. The van der Waals surface area contributed by atoms with E-state index in [2.05, 4.69) is 0 Å². The zero-order chi connectivity index (χ0) is 9.14. The molecule has 1 rings (SSSR count). The van der Waals surface area contributed by atoms with Crippen LogP contribution in [0.5, 0.6) is 0 Å². The average molecular weight is 164 g/mol. The van der Waals surface area contributed by atoms with E-state index in [1.807, 2.05) is 0 Å². The van der Waals surface area contributed by atoms with Crippen molar-refractivity contribution in [1.29, 1.82) is 0 Å². The van der Waals surface area contributed by atoms with Gasteiger partial charge in [0, 0.05) is 5.57 Å². The average Bonchev–Trinajstić information content (AvgIpc) is 2.08. The Morgan fingerprint density at radius 1 is 1.17 bits per heavy atom. The van der Waals surface area contributed by atoms with Gasteiger partial charge in [-0.15, -0.1) is 0 Å². The summed E-state index contributed by atoms with van der Waals surface area (Å²) in [7, 11) is 0. The highest BCUT2D eigenvalue weighted by Gasteiger charge is 2.21. The van der Waals surface area contributed by atoms with Gasteiger partial charge >= 0.3 is 0 Å². The molecule has 12 heavy (non-hydrogen) atoms. The predicted molar refractivity (Wildman–Crippen MR) is 43.6 cm³/mol. The molecule has 1 aliphatic carbocycles. The van der Waals surface area contributed by atoms with Crippen molar-refractivity contribution in [1.82, 2.24) is 0 Å². The summed E-state index contributed by atoms with van der Waals surface area (Å²) in [4.78, 5) is 22.1. The molecule has 0 aromatic rings. The minimum atomic E-state index is -0.342. The fraction of sp³-hybridized carbons (Fsp3) is 0.111. The van der Waals surface area contributed by atoms with Crippen LogP contribution in [0.4, 0.5) is 0 Å². The van der Waals surface area contributed by atoms with Gasteiger partial charge in [0.1, 0.15) is 0 Å². The highest BCUT2D eigenvalue weighted by atomic mass is 16.2. The Kier molecular flexibility index (Phi) is 2.24. The van der Waals surface area contributed by atoms with Gasteiger partial charge in [-0.25, -0.2) is 0 Å². The molecule has 62 valence electrons. The van der Waals surface area contributed by atoms with Gasteiger partial charge in [0.05, 0.1) is 11.8 Å². The van der Waals surface area contributed by atoms with Gasteiger partial charge in [-0.3, -0.25) is 9.59 Å². The second kappa shape index (κ2) is 3.17. The lowest BCUT2D eigenvalue weighted by Gasteiger charge is -2.08. The topological polar surface area (TPSA) is 54.4 Å². The molecule has 0 bridgehead atoms. The smallest absolute Gasteiger partial charge is 0.189 e. The molecule has 0 heterocycles. The molecule has 0 atom stereocenters. The van der Waals surface area contributed by atoms with E-state index in [1.54, 1.807) is 6.92 Å². The van der Waals surface area contributed by atoms with Crippen molar-refractivity contribution in [2.75, 3.05) is 0 Å². The van der Waals surface area contributed by atoms with Gasteiger partial charge in [-0.1, -0.05) is 6.08 Å². The number of aliphatic hydroxyl groups excluding tert-OH is 1. The van der Waals surface area contributed by atoms with Crippen LogP contribution in [0.3, 0.4) is 0 Å². The quantitative estimate of drug-likeness (QED) is 0.430. The molecule has 1 N–H and O–H groups in total. The van der Waals surface area contributed by atoms with Crippen molar-refractivity contribution >= 4 is 11.6 Å². The molecule has 0 saturated carbocycles. The van der Waals surface area contributed by atoms with E-state index >= 15 is 0 Å². The molecule has 0 amide bonds. The zero-order valence-corrected chi connectivity index (χ0v) is 6.57. The van der Waals surface area contributed by atoms with Crippen LogP contribution in [0.1, 0.15) is 6.92 Å². The van der Waals surface area contributed by atoms with Gasteiger partial charge in [-0.05, 0) is 19.1 Å². The molecule has 0 radical (unpaired) electrons. The van der Waals surface area contributed by atoms with Crippen LogP contribution in [0.15, 0.2) is 35.6 Å². The van der Waals surface area contributed by atoms with E-state index in [1.165, 1.54) is 12.2 Å². The van der Waals surface area contributed by atoms with Gasteiger partial charge in [-0.2, -0.15) is 0 Å². The van der Waals surface area contributed by atoms with E-state index < -0.39 is 0 Å². The maximum Gasteiger partial charge on any atom is 0.189 e. The van der Waals surface area contributed by atoms with E-state index in [-0.39, 0.29) is 22.7 Å². The summed E-state index contributed by atoms with van der Waals surface area (Å²) in [5, 5.41) is 8.67. The second-order valence-corrected chi connectivity index (χ2v) is 2.31. The van der Waals surface area contributed by atoms with Gasteiger partial charge < -0.3 is 5.11 Å². The maximum atomic E-state index is 11.1. The number of ketones is 2. The first kappa shape index (κ1) is 8.46. The normalized spacial score (nSPS) is 24.1. The lowest BCUT2D eigenvalue weighted by atomic mass is 9.93. The molecule has 0 aliphatic heterocycles. The minimum Gasteiger partial charge on any atom is -0.515 e. The predicted octanol–water partition coefficient (Wildman–Crippen LogP) is 1.08. The molecule has 0 spiro atoms. The third kappa shape index (κ3) is 1.21. The summed E-state index contributed by atoms with van der Waals surface area (Å²) in [6, 6.07) is 0. The molecular formula is C9H8O3. The Hall–Kier alpha value is -1.64. The molecule has 3 heteroatoms. The van der Waals surface area contributed by atoms with Crippen molar-refractivity contribution in [3.63, 3.8) is 0 Å². The van der Waals surface area contributed by atoms with Crippen molar-refractivity contribution < 1.29 is 14.7 Å². The number of aliphatic hydroxyl groups is 1. The Labute approximate surface area is 69.7 Å². The SMILES string of the molecule is C/C=C1\C(=O)C=CC(=O)\C1=C/O. The fourth-order valence-corrected chi connectivity index (χ4v) is 1.03. The number of hydrogen-bond acceptors (Lipinski definition) is 3. The third-order valence-electron chi connectivity index (χ3n) is 1.62. The first-order chi connectivity index (χ1) is 5.70. The van der Waals surface area contributed by atoms with Crippen LogP contribution in [0.2, 0.25) is 0 Å². The maximum absolute atomic E-state index is 11.1. The zero-order valence-electron chi connectivity index (χ0n) is 6.57. The van der Waals surface area contributed by atoms with Crippen molar-refractivity contribution in [2.24, 2.45) is 0 Å². The molecule has 0 saturated heterocycles. The first-order valence-corrected chi connectivity index (χ1v) is 3.48. The number of rotatable bonds is 0. The van der Waals surface area contributed by atoms with E-state index in [9.17, 15) is 9.59 Å². The number of hydrogen-bond donors (Lipinski definition) is 1. The number of carbonyl (C=O) groups is 2. The Balaban J connectivity index is 3.24. The summed E-state index contributed by atoms with van der Waals surface area (Å²) in [6.07, 6.45) is 4.52.